The first kappa shape index (κ1) is 28.6. The number of nitrogens with one attached hydrogen (secondary N) is 1. The molecular weight excluding hydrogens is 598 g/mol. The van der Waals surface area contributed by atoms with Crippen LogP contribution in [0.25, 0.3) is 16.9 Å². The number of hydrogen-bond acceptors (Lipinski definition) is 8. The van der Waals surface area contributed by atoms with Gasteiger partial charge in [0.15, 0.2) is 5.65 Å². The summed E-state index contributed by atoms with van der Waals surface area (Å²) in [5.74, 6) is -0.869. The van der Waals surface area contributed by atoms with Crippen molar-refractivity contribution in [3.05, 3.63) is 59.6 Å². The molecular formula is C29H29ClF2N8O4. The van der Waals surface area contributed by atoms with E-state index in [-0.39, 0.29) is 45.7 Å². The first-order valence-electron chi connectivity index (χ1n) is 14.4. The number of rotatable bonds is 8. The van der Waals surface area contributed by atoms with E-state index < -0.39 is 12.5 Å². The van der Waals surface area contributed by atoms with Crippen molar-refractivity contribution in [3.63, 3.8) is 0 Å². The van der Waals surface area contributed by atoms with Gasteiger partial charge in [0.2, 0.25) is 5.91 Å². The first-order valence-corrected chi connectivity index (χ1v) is 14.8. The summed E-state index contributed by atoms with van der Waals surface area (Å²) in [6, 6.07) is 6.24. The quantitative estimate of drug-likeness (QED) is 0.315. The van der Waals surface area contributed by atoms with Gasteiger partial charge in [0.25, 0.3) is 5.91 Å². The van der Waals surface area contributed by atoms with Crippen LogP contribution in [-0.2, 0) is 16.1 Å². The van der Waals surface area contributed by atoms with Crippen molar-refractivity contribution in [2.24, 2.45) is 0 Å². The van der Waals surface area contributed by atoms with Gasteiger partial charge in [-0.2, -0.15) is 19.0 Å². The Hall–Kier alpha value is -4.14. The van der Waals surface area contributed by atoms with Crippen LogP contribution in [0.3, 0.4) is 0 Å². The van der Waals surface area contributed by atoms with Gasteiger partial charge in [-0.3, -0.25) is 19.2 Å². The van der Waals surface area contributed by atoms with Crippen LogP contribution in [0.4, 0.5) is 14.5 Å². The van der Waals surface area contributed by atoms with Crippen molar-refractivity contribution in [1.29, 1.82) is 0 Å². The summed E-state index contributed by atoms with van der Waals surface area (Å²) in [6.07, 6.45) is 9.63. The molecule has 15 heteroatoms. The van der Waals surface area contributed by atoms with Crippen molar-refractivity contribution >= 4 is 34.7 Å². The third kappa shape index (κ3) is 5.72. The number of amides is 2. The summed E-state index contributed by atoms with van der Waals surface area (Å²) < 4.78 is 39.9. The molecule has 0 saturated carbocycles. The minimum atomic E-state index is -3.10. The largest absolute Gasteiger partial charge is 0.434 e. The lowest BCUT2D eigenvalue weighted by Crippen LogP contribution is -2.61. The molecule has 230 valence electrons. The Balaban J connectivity index is 1.12. The minimum Gasteiger partial charge on any atom is -0.434 e. The van der Waals surface area contributed by atoms with E-state index in [9.17, 15) is 18.4 Å². The van der Waals surface area contributed by atoms with Crippen molar-refractivity contribution in [1.82, 2.24) is 34.2 Å². The highest BCUT2D eigenvalue weighted by Crippen LogP contribution is 2.37. The molecule has 4 aliphatic heterocycles. The minimum absolute atomic E-state index is 0.110. The second-order valence-corrected chi connectivity index (χ2v) is 11.6. The Morgan fingerprint density at radius 3 is 2.70 bits per heavy atom. The lowest BCUT2D eigenvalue weighted by Gasteiger charge is -2.51. The van der Waals surface area contributed by atoms with Gasteiger partial charge in [0, 0.05) is 67.8 Å². The normalized spacial score (nSPS) is 20.6. The molecule has 0 aliphatic carbocycles. The van der Waals surface area contributed by atoms with Crippen LogP contribution < -0.4 is 10.1 Å². The zero-order valence-electron chi connectivity index (χ0n) is 23.5. The Bertz CT molecular complexity index is 1690. The van der Waals surface area contributed by atoms with E-state index in [0.29, 0.717) is 37.0 Å². The zero-order chi connectivity index (χ0) is 30.4. The third-order valence-corrected chi connectivity index (χ3v) is 8.60. The molecule has 4 aromatic rings. The predicted octanol–water partition coefficient (Wildman–Crippen LogP) is 3.56. The molecule has 4 fully saturated rings. The van der Waals surface area contributed by atoms with E-state index >= 15 is 0 Å². The average molecular weight is 627 g/mol. The molecule has 1 aromatic carbocycles. The van der Waals surface area contributed by atoms with Crippen LogP contribution in [0, 0.1) is 0 Å². The summed E-state index contributed by atoms with van der Waals surface area (Å²) in [4.78, 5) is 35.2. The van der Waals surface area contributed by atoms with Gasteiger partial charge in [0.1, 0.15) is 23.6 Å². The van der Waals surface area contributed by atoms with Crippen molar-refractivity contribution in [2.45, 2.75) is 50.7 Å². The molecule has 8 rings (SSSR count). The Morgan fingerprint density at radius 2 is 1.95 bits per heavy atom. The lowest BCUT2D eigenvalue weighted by atomic mass is 9.94. The molecule has 0 spiro atoms. The number of carbonyl (C=O) groups excluding carboxylic acids is 2. The average Bonchev–Trinajstić information content (AvgIpc) is 3.61. The monoisotopic (exact) mass is 626 g/mol. The summed E-state index contributed by atoms with van der Waals surface area (Å²) in [6.45, 7) is -0.0730. The Kier molecular flexibility index (Phi) is 7.64. The maximum absolute atomic E-state index is 13.4. The van der Waals surface area contributed by atoms with E-state index in [2.05, 4.69) is 25.4 Å². The van der Waals surface area contributed by atoms with Gasteiger partial charge in [-0.05, 0) is 37.1 Å². The number of anilines is 1. The highest BCUT2D eigenvalue weighted by Gasteiger charge is 2.41. The number of piperidine rings is 2. The number of morpholine rings is 1. The van der Waals surface area contributed by atoms with E-state index in [1.54, 1.807) is 12.3 Å². The highest BCUT2D eigenvalue weighted by molar-refractivity contribution is 6.31. The van der Waals surface area contributed by atoms with Crippen molar-refractivity contribution in [2.75, 3.05) is 31.5 Å². The molecule has 7 heterocycles. The van der Waals surface area contributed by atoms with Gasteiger partial charge in [0.05, 0.1) is 24.1 Å². The van der Waals surface area contributed by atoms with Crippen LogP contribution in [0.5, 0.6) is 5.75 Å². The topological polar surface area (TPSA) is 119 Å². The van der Waals surface area contributed by atoms with Gasteiger partial charge in [-0.15, -0.1) is 0 Å². The molecule has 4 saturated heterocycles. The van der Waals surface area contributed by atoms with Crippen molar-refractivity contribution in [3.8, 4) is 17.0 Å². The molecule has 44 heavy (non-hydrogen) atoms. The van der Waals surface area contributed by atoms with Crippen LogP contribution in [0.2, 0.25) is 5.02 Å². The molecule has 4 aliphatic rings. The molecule has 3 aromatic heterocycles. The number of hydrogen-bond donors (Lipinski definition) is 1. The van der Waals surface area contributed by atoms with Gasteiger partial charge < -0.3 is 19.7 Å². The molecule has 12 nitrogen and oxygen atoms in total. The second kappa shape index (κ2) is 11.7. The number of likely N-dealkylation sites (tertiary alicyclic amines) is 1. The van der Waals surface area contributed by atoms with Crippen LogP contribution in [0.1, 0.15) is 29.6 Å². The number of nitrogens with zero attached hydrogens (tertiary/aromatic N) is 7. The number of benzene rings is 1. The zero-order valence-corrected chi connectivity index (χ0v) is 24.2. The Morgan fingerprint density at radius 1 is 1.18 bits per heavy atom. The van der Waals surface area contributed by atoms with Crippen LogP contribution >= 0.6 is 11.6 Å². The number of alkyl halides is 2. The van der Waals surface area contributed by atoms with Crippen LogP contribution in [-0.4, -0.2) is 97.0 Å². The number of aromatic nitrogens is 5. The van der Waals surface area contributed by atoms with E-state index in [1.165, 1.54) is 46.0 Å². The fourth-order valence-electron chi connectivity index (χ4n) is 6.26. The Labute approximate surface area is 255 Å². The van der Waals surface area contributed by atoms with Gasteiger partial charge in [-0.1, -0.05) is 11.6 Å². The molecule has 0 radical (unpaired) electrons. The summed E-state index contributed by atoms with van der Waals surface area (Å²) in [5.41, 5.74) is 0.927. The number of fused-ring (bicyclic) bond motifs is 3. The number of carbonyl (C=O) groups is 2. The maximum atomic E-state index is 13.4. The predicted molar refractivity (Wildman–Crippen MR) is 155 cm³/mol. The highest BCUT2D eigenvalue weighted by atomic mass is 35.5. The van der Waals surface area contributed by atoms with E-state index in [4.69, 9.17) is 21.1 Å². The van der Waals surface area contributed by atoms with Gasteiger partial charge >= 0.3 is 6.61 Å². The summed E-state index contributed by atoms with van der Waals surface area (Å²) in [5, 5.41) is 11.7. The molecule has 2 unspecified atom stereocenters. The fraction of sp³-hybridized carbons (Fsp3) is 0.414. The summed E-state index contributed by atoms with van der Waals surface area (Å²) >= 11 is 6.22. The maximum Gasteiger partial charge on any atom is 0.387 e. The standard InChI is InChI=1S/C29H29ClF2N8O4/c30-17-2-3-24(44-29(31)32)21(10-17)26-23(35-28(42)22-12-34-40-7-1-6-33-27(22)40)15-39(36-26)16-25(41)37-8-4-18(5-9-37)38-13-19-11-20(14-38)43-19/h1-3,6-7,10,12,15,18-20,29H,4-5,8-9,11,13-14,16H2,(H,35,42). The molecule has 2 bridgehead atoms. The number of ether oxygens (including phenoxy) is 2. The first-order chi connectivity index (χ1) is 21.3. The molecule has 1 N–H and O–H groups in total. The third-order valence-electron chi connectivity index (χ3n) is 8.36. The van der Waals surface area contributed by atoms with Crippen LogP contribution in [0.15, 0.2) is 49.1 Å². The fourth-order valence-corrected chi connectivity index (χ4v) is 6.43. The lowest BCUT2D eigenvalue weighted by molar-refractivity contribution is -0.190. The summed E-state index contributed by atoms with van der Waals surface area (Å²) in [7, 11) is 0. The SMILES string of the molecule is O=C(Nc1cn(CC(=O)N2CCC(N3CC4CC(C3)O4)CC2)nc1-c1cc(Cl)ccc1OC(F)F)c1cnn2cccnc12. The van der Waals surface area contributed by atoms with E-state index in [0.717, 1.165) is 32.4 Å². The van der Waals surface area contributed by atoms with Gasteiger partial charge in [-0.25, -0.2) is 9.50 Å². The van der Waals surface area contributed by atoms with E-state index in [1.807, 2.05) is 4.90 Å². The van der Waals surface area contributed by atoms with Crippen molar-refractivity contribution < 1.29 is 27.8 Å². The second-order valence-electron chi connectivity index (χ2n) is 11.2. The molecule has 2 amide bonds. The number of halogens is 3. The molecule has 2 atom stereocenters. The smallest absolute Gasteiger partial charge is 0.387 e.